The van der Waals surface area contributed by atoms with Crippen molar-refractivity contribution in [2.45, 2.75) is 51.0 Å². The predicted octanol–water partition coefficient (Wildman–Crippen LogP) is 3.90. The number of hydrogen-bond donors (Lipinski definition) is 2. The molecular weight excluding hydrogens is 388 g/mol. The lowest BCUT2D eigenvalue weighted by molar-refractivity contribution is 0.0905. The second kappa shape index (κ2) is 10.4. The van der Waals surface area contributed by atoms with E-state index in [1.54, 1.807) is 38.3 Å². The number of sulfonamides is 1. The van der Waals surface area contributed by atoms with Gasteiger partial charge in [0.1, 0.15) is 0 Å². The van der Waals surface area contributed by atoms with Gasteiger partial charge in [-0.3, -0.25) is 9.52 Å². The molecule has 7 heteroatoms. The first-order valence-electron chi connectivity index (χ1n) is 9.79. The van der Waals surface area contributed by atoms with Crippen LogP contribution in [0.3, 0.4) is 0 Å². The molecule has 0 aromatic heterocycles. The first kappa shape index (κ1) is 22.9. The fourth-order valence-corrected chi connectivity index (χ4v) is 4.29. The van der Waals surface area contributed by atoms with Crippen LogP contribution in [0.2, 0.25) is 0 Å². The number of unbranched alkanes of at least 4 members (excludes halogenated alkanes) is 1. The number of nitrogens with one attached hydrogen (secondary N) is 2. The highest BCUT2D eigenvalue weighted by Gasteiger charge is 2.20. The van der Waals surface area contributed by atoms with Crippen molar-refractivity contribution in [2.24, 2.45) is 0 Å². The Balaban J connectivity index is 2.20. The quantitative estimate of drug-likeness (QED) is 0.613. The smallest absolute Gasteiger partial charge is 0.262 e. The van der Waals surface area contributed by atoms with E-state index in [4.69, 9.17) is 4.74 Å². The molecule has 0 spiro atoms. The second-order valence-corrected chi connectivity index (χ2v) is 8.87. The van der Waals surface area contributed by atoms with E-state index in [1.165, 1.54) is 11.6 Å². The van der Waals surface area contributed by atoms with Crippen molar-refractivity contribution in [3.05, 3.63) is 59.2 Å². The summed E-state index contributed by atoms with van der Waals surface area (Å²) in [4.78, 5) is 12.5. The monoisotopic (exact) mass is 418 g/mol. The molecule has 1 atom stereocenters. The maximum Gasteiger partial charge on any atom is 0.262 e. The second-order valence-electron chi connectivity index (χ2n) is 7.22. The van der Waals surface area contributed by atoms with E-state index in [0.717, 1.165) is 19.3 Å². The molecule has 0 saturated carbocycles. The number of ether oxygens (including phenoxy) is 1. The molecule has 0 fully saturated rings. The van der Waals surface area contributed by atoms with E-state index in [2.05, 4.69) is 17.0 Å². The molecule has 0 bridgehead atoms. The van der Waals surface area contributed by atoms with E-state index in [1.807, 2.05) is 19.1 Å². The summed E-state index contributed by atoms with van der Waals surface area (Å²) in [5.74, 6) is -0.341. The van der Waals surface area contributed by atoms with Crippen molar-refractivity contribution in [2.75, 3.05) is 18.4 Å². The largest absolute Gasteiger partial charge is 0.383 e. The third kappa shape index (κ3) is 6.58. The van der Waals surface area contributed by atoms with Gasteiger partial charge in [0.05, 0.1) is 11.5 Å². The van der Waals surface area contributed by atoms with Gasteiger partial charge in [0.25, 0.3) is 15.9 Å². The van der Waals surface area contributed by atoms with Crippen molar-refractivity contribution in [3.8, 4) is 0 Å². The number of hydrogen-bond acceptors (Lipinski definition) is 4. The molecule has 2 N–H and O–H groups in total. The Bertz CT molecular complexity index is 924. The summed E-state index contributed by atoms with van der Waals surface area (Å²) in [6.45, 7) is 6.03. The lowest BCUT2D eigenvalue weighted by Gasteiger charge is -2.15. The van der Waals surface area contributed by atoms with Crippen LogP contribution in [-0.2, 0) is 21.2 Å². The van der Waals surface area contributed by atoms with E-state index in [-0.39, 0.29) is 22.4 Å². The van der Waals surface area contributed by atoms with E-state index >= 15 is 0 Å². The highest BCUT2D eigenvalue weighted by atomic mass is 32.2. The van der Waals surface area contributed by atoms with Crippen molar-refractivity contribution < 1.29 is 17.9 Å². The van der Waals surface area contributed by atoms with Crippen LogP contribution in [0, 0.1) is 6.92 Å². The molecule has 158 valence electrons. The highest BCUT2D eigenvalue weighted by Crippen LogP contribution is 2.21. The summed E-state index contributed by atoms with van der Waals surface area (Å²) in [5, 5.41) is 2.79. The Morgan fingerprint density at radius 2 is 1.83 bits per heavy atom. The Kier molecular flexibility index (Phi) is 8.22. The Labute approximate surface area is 173 Å². The van der Waals surface area contributed by atoms with Gasteiger partial charge in [0.15, 0.2) is 0 Å². The average molecular weight is 419 g/mol. The maximum absolute atomic E-state index is 12.9. The van der Waals surface area contributed by atoms with Crippen LogP contribution < -0.4 is 10.0 Å². The van der Waals surface area contributed by atoms with Gasteiger partial charge in [0, 0.05) is 24.4 Å². The Hall–Kier alpha value is -2.38. The minimum absolute atomic E-state index is 0.0830. The van der Waals surface area contributed by atoms with Gasteiger partial charge >= 0.3 is 0 Å². The molecular formula is C22H30N2O4S. The van der Waals surface area contributed by atoms with Crippen LogP contribution in [0.15, 0.2) is 47.4 Å². The van der Waals surface area contributed by atoms with Crippen LogP contribution >= 0.6 is 0 Å². The summed E-state index contributed by atoms with van der Waals surface area (Å²) < 4.78 is 33.5. The molecule has 29 heavy (non-hydrogen) atoms. The van der Waals surface area contributed by atoms with Gasteiger partial charge in [0.2, 0.25) is 0 Å². The van der Waals surface area contributed by atoms with Crippen LogP contribution in [0.25, 0.3) is 0 Å². The molecule has 2 aromatic carbocycles. The summed E-state index contributed by atoms with van der Waals surface area (Å²) >= 11 is 0. The molecule has 0 saturated heterocycles. The average Bonchev–Trinajstić information content (AvgIpc) is 2.67. The van der Waals surface area contributed by atoms with Crippen molar-refractivity contribution in [3.63, 3.8) is 0 Å². The van der Waals surface area contributed by atoms with Crippen molar-refractivity contribution in [1.82, 2.24) is 5.32 Å². The van der Waals surface area contributed by atoms with Crippen molar-refractivity contribution >= 4 is 21.6 Å². The van der Waals surface area contributed by atoms with Gasteiger partial charge in [-0.15, -0.1) is 0 Å². The first-order valence-corrected chi connectivity index (χ1v) is 11.3. The van der Waals surface area contributed by atoms with Crippen LogP contribution in [0.1, 0.15) is 48.2 Å². The zero-order valence-corrected chi connectivity index (χ0v) is 18.3. The lowest BCUT2D eigenvalue weighted by Crippen LogP contribution is -2.35. The molecule has 0 radical (unpaired) electrons. The molecule has 2 rings (SSSR count). The Morgan fingerprint density at radius 3 is 2.45 bits per heavy atom. The number of amides is 1. The Morgan fingerprint density at radius 1 is 1.14 bits per heavy atom. The van der Waals surface area contributed by atoms with Gasteiger partial charge in [-0.2, -0.15) is 0 Å². The van der Waals surface area contributed by atoms with Gasteiger partial charge in [-0.1, -0.05) is 31.5 Å². The first-order chi connectivity index (χ1) is 13.8. The number of carbonyl (C=O) groups is 1. The molecule has 0 aliphatic carbocycles. The molecule has 1 amide bonds. The zero-order chi connectivity index (χ0) is 21.4. The number of rotatable bonds is 10. The van der Waals surface area contributed by atoms with Crippen molar-refractivity contribution in [1.29, 1.82) is 0 Å². The van der Waals surface area contributed by atoms with Gasteiger partial charge in [-0.25, -0.2) is 8.42 Å². The minimum Gasteiger partial charge on any atom is -0.383 e. The summed E-state index contributed by atoms with van der Waals surface area (Å²) in [5.41, 5.74) is 2.52. The standard InChI is InChI=1S/C22H30N2O4S/c1-5-6-7-18-9-12-20(13-10-18)24-29(26,27)21-14-19(11-8-16(21)2)22(25)23-17(3)15-28-4/h8-14,17,24H,5-7,15H2,1-4H3,(H,23,25). The van der Waals surface area contributed by atoms with Gasteiger partial charge < -0.3 is 10.1 Å². The number of anilines is 1. The SMILES string of the molecule is CCCCc1ccc(NS(=O)(=O)c2cc(C(=O)NC(C)COC)ccc2C)cc1. The molecule has 1 unspecified atom stereocenters. The fraction of sp³-hybridized carbons (Fsp3) is 0.409. The number of aryl methyl sites for hydroxylation is 2. The molecule has 0 aliphatic rings. The third-order valence-corrected chi connectivity index (χ3v) is 6.08. The minimum atomic E-state index is -3.82. The third-order valence-electron chi connectivity index (χ3n) is 4.56. The molecule has 0 heterocycles. The summed E-state index contributed by atoms with van der Waals surface area (Å²) in [7, 11) is -2.27. The van der Waals surface area contributed by atoms with E-state index < -0.39 is 10.0 Å². The number of methoxy groups -OCH3 is 1. The summed E-state index contributed by atoms with van der Waals surface area (Å²) in [6.07, 6.45) is 3.19. The van der Waals surface area contributed by atoms with Crippen LogP contribution in [0.4, 0.5) is 5.69 Å². The van der Waals surface area contributed by atoms with Gasteiger partial charge in [-0.05, 0) is 62.1 Å². The van der Waals surface area contributed by atoms with Crippen LogP contribution in [0.5, 0.6) is 0 Å². The van der Waals surface area contributed by atoms with E-state index in [0.29, 0.717) is 17.9 Å². The normalized spacial score (nSPS) is 12.4. The van der Waals surface area contributed by atoms with Crippen LogP contribution in [-0.4, -0.2) is 34.1 Å². The number of benzene rings is 2. The van der Waals surface area contributed by atoms with E-state index in [9.17, 15) is 13.2 Å². The fourth-order valence-electron chi connectivity index (χ4n) is 2.96. The highest BCUT2D eigenvalue weighted by molar-refractivity contribution is 7.92. The molecule has 0 aliphatic heterocycles. The predicted molar refractivity (Wildman–Crippen MR) is 116 cm³/mol. The molecule has 6 nitrogen and oxygen atoms in total. The zero-order valence-electron chi connectivity index (χ0n) is 17.5. The summed E-state index contributed by atoms with van der Waals surface area (Å²) in [6, 6.07) is 11.9. The lowest BCUT2D eigenvalue weighted by atomic mass is 10.1. The maximum atomic E-state index is 12.9. The topological polar surface area (TPSA) is 84.5 Å². The molecule has 2 aromatic rings. The number of carbonyl (C=O) groups excluding carboxylic acids is 1.